The first-order valence-electron chi connectivity index (χ1n) is 6.93. The first kappa shape index (κ1) is 15.6. The molecule has 2 rings (SSSR count). The van der Waals surface area contributed by atoms with Crippen LogP contribution in [0.2, 0.25) is 0 Å². The molecule has 4 heteroatoms. The largest absolute Gasteiger partial charge is 0.493 e. The van der Waals surface area contributed by atoms with E-state index in [1.807, 2.05) is 42.5 Å². The molecule has 1 amide bonds. The van der Waals surface area contributed by atoms with E-state index in [1.165, 1.54) is 5.56 Å². The summed E-state index contributed by atoms with van der Waals surface area (Å²) < 4.78 is 6.50. The fourth-order valence-corrected chi connectivity index (χ4v) is 2.28. The number of hydrogen-bond donors (Lipinski definition) is 1. The lowest BCUT2D eigenvalue weighted by Gasteiger charge is -2.07. The van der Waals surface area contributed by atoms with E-state index in [4.69, 9.17) is 4.74 Å². The molecule has 21 heavy (non-hydrogen) atoms. The fourth-order valence-electron chi connectivity index (χ4n) is 1.90. The molecule has 0 atom stereocenters. The fraction of sp³-hybridized carbons (Fsp3) is 0.235. The Kier molecular flexibility index (Phi) is 6.28. The van der Waals surface area contributed by atoms with Gasteiger partial charge in [-0.05, 0) is 30.2 Å². The van der Waals surface area contributed by atoms with Crippen molar-refractivity contribution in [2.24, 2.45) is 0 Å². The van der Waals surface area contributed by atoms with Crippen molar-refractivity contribution in [2.75, 3.05) is 13.2 Å². The lowest BCUT2D eigenvalue weighted by Crippen LogP contribution is -2.27. The monoisotopic (exact) mass is 347 g/mol. The maximum Gasteiger partial charge on any atom is 0.223 e. The van der Waals surface area contributed by atoms with Gasteiger partial charge < -0.3 is 10.1 Å². The van der Waals surface area contributed by atoms with Gasteiger partial charge >= 0.3 is 0 Å². The highest BCUT2D eigenvalue weighted by molar-refractivity contribution is 9.10. The Hall–Kier alpha value is -1.81. The predicted molar refractivity (Wildman–Crippen MR) is 87.4 cm³/mol. The average Bonchev–Trinajstić information content (AvgIpc) is 2.48. The lowest BCUT2D eigenvalue weighted by atomic mass is 10.1. The van der Waals surface area contributed by atoms with E-state index in [0.29, 0.717) is 19.6 Å². The Labute approximate surface area is 133 Å². The molecule has 3 nitrogen and oxygen atoms in total. The molecule has 0 aliphatic heterocycles. The summed E-state index contributed by atoms with van der Waals surface area (Å²) in [5.41, 5.74) is 1.23. The predicted octanol–water partition coefficient (Wildman–Crippen LogP) is 3.58. The number of halogens is 1. The van der Waals surface area contributed by atoms with E-state index in [2.05, 4.69) is 33.4 Å². The van der Waals surface area contributed by atoms with Crippen LogP contribution in [0.3, 0.4) is 0 Å². The molecule has 2 aromatic carbocycles. The number of amides is 1. The van der Waals surface area contributed by atoms with Gasteiger partial charge in [-0.3, -0.25) is 4.79 Å². The highest BCUT2D eigenvalue weighted by Gasteiger charge is 2.02. The zero-order valence-corrected chi connectivity index (χ0v) is 13.3. The third kappa shape index (κ3) is 6.00. The summed E-state index contributed by atoms with van der Waals surface area (Å²) >= 11 is 3.38. The molecular weight excluding hydrogens is 330 g/mol. The van der Waals surface area contributed by atoms with Crippen LogP contribution in [0.4, 0.5) is 0 Å². The first-order valence-corrected chi connectivity index (χ1v) is 7.72. The van der Waals surface area contributed by atoms with Crippen molar-refractivity contribution in [3.8, 4) is 5.75 Å². The Balaban J connectivity index is 1.61. The van der Waals surface area contributed by atoms with Gasteiger partial charge in [-0.1, -0.05) is 52.3 Å². The van der Waals surface area contributed by atoms with Gasteiger partial charge in [0.05, 0.1) is 13.0 Å². The minimum Gasteiger partial charge on any atom is -0.493 e. The summed E-state index contributed by atoms with van der Waals surface area (Å²) in [5, 5.41) is 2.90. The Morgan fingerprint density at radius 1 is 1.10 bits per heavy atom. The molecule has 0 saturated carbocycles. The van der Waals surface area contributed by atoms with Gasteiger partial charge in [-0.15, -0.1) is 0 Å². The normalized spacial score (nSPS) is 10.1. The Bertz CT molecular complexity index is 572. The number of carbonyl (C=O) groups excluding carboxylic acids is 1. The third-order valence-corrected chi connectivity index (χ3v) is 3.47. The second kappa shape index (κ2) is 8.47. The van der Waals surface area contributed by atoms with Gasteiger partial charge in [0.2, 0.25) is 5.91 Å². The number of benzene rings is 2. The molecule has 2 aromatic rings. The van der Waals surface area contributed by atoms with Crippen molar-refractivity contribution in [2.45, 2.75) is 12.8 Å². The molecule has 1 N–H and O–H groups in total. The van der Waals surface area contributed by atoms with Gasteiger partial charge in [-0.2, -0.15) is 0 Å². The van der Waals surface area contributed by atoms with Crippen molar-refractivity contribution in [1.82, 2.24) is 5.32 Å². The van der Waals surface area contributed by atoms with Crippen LogP contribution >= 0.6 is 15.9 Å². The zero-order chi connectivity index (χ0) is 14.9. The number of rotatable bonds is 7. The molecule has 0 fully saturated rings. The maximum absolute atomic E-state index is 11.7. The van der Waals surface area contributed by atoms with E-state index >= 15 is 0 Å². The number of ether oxygens (including phenoxy) is 1. The summed E-state index contributed by atoms with van der Waals surface area (Å²) in [6.07, 6.45) is 1.21. The molecule has 0 aliphatic rings. The van der Waals surface area contributed by atoms with Gasteiger partial charge in [0.1, 0.15) is 5.75 Å². The van der Waals surface area contributed by atoms with Gasteiger partial charge in [0, 0.05) is 11.0 Å². The van der Waals surface area contributed by atoms with Crippen LogP contribution in [0.5, 0.6) is 5.75 Å². The quantitative estimate of drug-likeness (QED) is 0.831. The van der Waals surface area contributed by atoms with E-state index in [9.17, 15) is 4.79 Å². The molecule has 110 valence electrons. The molecule has 0 radical (unpaired) electrons. The molecule has 0 aromatic heterocycles. The SMILES string of the molecule is O=C(CCOc1cccc(Br)c1)NCCc1ccccc1. The highest BCUT2D eigenvalue weighted by Crippen LogP contribution is 2.17. The van der Waals surface area contributed by atoms with E-state index < -0.39 is 0 Å². The minimum atomic E-state index is 0.0147. The number of nitrogens with one attached hydrogen (secondary N) is 1. The Morgan fingerprint density at radius 3 is 2.67 bits per heavy atom. The lowest BCUT2D eigenvalue weighted by molar-refractivity contribution is -0.121. The van der Waals surface area contributed by atoms with Crippen molar-refractivity contribution >= 4 is 21.8 Å². The van der Waals surface area contributed by atoms with Crippen molar-refractivity contribution in [3.05, 3.63) is 64.6 Å². The van der Waals surface area contributed by atoms with Gasteiger partial charge in [0.25, 0.3) is 0 Å². The zero-order valence-electron chi connectivity index (χ0n) is 11.7. The topological polar surface area (TPSA) is 38.3 Å². The van der Waals surface area contributed by atoms with Gasteiger partial charge in [-0.25, -0.2) is 0 Å². The molecular formula is C17H18BrNO2. The summed E-state index contributed by atoms with van der Waals surface area (Å²) in [4.78, 5) is 11.7. The summed E-state index contributed by atoms with van der Waals surface area (Å²) in [6.45, 7) is 1.04. The van der Waals surface area contributed by atoms with E-state index in [1.54, 1.807) is 0 Å². The third-order valence-electron chi connectivity index (χ3n) is 2.97. The summed E-state index contributed by atoms with van der Waals surface area (Å²) in [6, 6.07) is 17.7. The Morgan fingerprint density at radius 2 is 1.90 bits per heavy atom. The van der Waals surface area contributed by atoms with Gasteiger partial charge in [0.15, 0.2) is 0 Å². The second-order valence-electron chi connectivity index (χ2n) is 4.64. The standard InChI is InChI=1S/C17H18BrNO2/c18-15-7-4-8-16(13-15)21-12-10-17(20)19-11-9-14-5-2-1-3-6-14/h1-8,13H,9-12H2,(H,19,20). The van der Waals surface area contributed by atoms with Crippen LogP contribution in [0.25, 0.3) is 0 Å². The maximum atomic E-state index is 11.7. The molecule has 0 unspecified atom stereocenters. The van der Waals surface area contributed by atoms with Crippen LogP contribution in [0.15, 0.2) is 59.1 Å². The molecule has 0 heterocycles. The van der Waals surface area contributed by atoms with Crippen LogP contribution < -0.4 is 10.1 Å². The van der Waals surface area contributed by atoms with Crippen LogP contribution in [-0.2, 0) is 11.2 Å². The number of carbonyl (C=O) groups is 1. The van der Waals surface area contributed by atoms with Crippen molar-refractivity contribution in [3.63, 3.8) is 0 Å². The molecule has 0 bridgehead atoms. The van der Waals surface area contributed by atoms with Crippen LogP contribution in [0.1, 0.15) is 12.0 Å². The highest BCUT2D eigenvalue weighted by atomic mass is 79.9. The smallest absolute Gasteiger partial charge is 0.223 e. The molecule has 0 aliphatic carbocycles. The summed E-state index contributed by atoms with van der Waals surface area (Å²) in [5.74, 6) is 0.780. The average molecular weight is 348 g/mol. The van der Waals surface area contributed by atoms with Crippen molar-refractivity contribution in [1.29, 1.82) is 0 Å². The van der Waals surface area contributed by atoms with Crippen LogP contribution in [-0.4, -0.2) is 19.1 Å². The van der Waals surface area contributed by atoms with E-state index in [0.717, 1.165) is 16.6 Å². The molecule has 0 spiro atoms. The first-order chi connectivity index (χ1) is 10.2. The second-order valence-corrected chi connectivity index (χ2v) is 5.56. The number of hydrogen-bond acceptors (Lipinski definition) is 2. The minimum absolute atomic E-state index is 0.0147. The molecule has 0 saturated heterocycles. The van der Waals surface area contributed by atoms with Crippen molar-refractivity contribution < 1.29 is 9.53 Å². The van der Waals surface area contributed by atoms with Crippen LogP contribution in [0, 0.1) is 0 Å². The summed E-state index contributed by atoms with van der Waals surface area (Å²) in [7, 11) is 0. The van der Waals surface area contributed by atoms with E-state index in [-0.39, 0.29) is 5.91 Å².